The number of fused-ring (bicyclic) bond motifs is 1. The number of esters is 1. The maximum absolute atomic E-state index is 13.7. The molecule has 25 heavy (non-hydrogen) atoms. The van der Waals surface area contributed by atoms with Gasteiger partial charge in [0.2, 0.25) is 0 Å². The topological polar surface area (TPSA) is 55.4 Å². The monoisotopic (exact) mass is 377 g/mol. The van der Waals surface area contributed by atoms with E-state index in [0.29, 0.717) is 4.88 Å². The van der Waals surface area contributed by atoms with Gasteiger partial charge in [-0.15, -0.1) is 11.3 Å². The molecule has 1 heterocycles. The molecule has 4 nitrogen and oxygen atoms in total. The number of hydrogen-bond acceptors (Lipinski definition) is 4. The molecule has 0 aliphatic heterocycles. The molecule has 0 radical (unpaired) electrons. The van der Waals surface area contributed by atoms with Crippen molar-refractivity contribution < 1.29 is 18.7 Å². The highest BCUT2D eigenvalue weighted by Gasteiger charge is 2.21. The van der Waals surface area contributed by atoms with Crippen LogP contribution in [0.4, 0.5) is 10.1 Å². The highest BCUT2D eigenvalue weighted by Crippen LogP contribution is 2.26. The number of thiophene rings is 1. The molecule has 1 amide bonds. The van der Waals surface area contributed by atoms with Gasteiger partial charge in [-0.3, -0.25) is 4.79 Å². The molecule has 3 rings (SSSR count). The Bertz CT molecular complexity index is 923. The molecule has 0 aliphatic rings. The van der Waals surface area contributed by atoms with Crippen LogP contribution in [0, 0.1) is 5.82 Å². The van der Waals surface area contributed by atoms with Crippen LogP contribution in [-0.2, 0) is 9.53 Å². The fourth-order valence-corrected chi connectivity index (χ4v) is 3.28. The van der Waals surface area contributed by atoms with Gasteiger partial charge >= 0.3 is 5.97 Å². The first-order valence-electron chi connectivity index (χ1n) is 7.39. The fourth-order valence-electron chi connectivity index (χ4n) is 2.18. The van der Waals surface area contributed by atoms with Gasteiger partial charge < -0.3 is 10.1 Å². The number of carbonyl (C=O) groups is 2. The molecule has 1 N–H and O–H groups in total. The summed E-state index contributed by atoms with van der Waals surface area (Å²) in [7, 11) is 0. The summed E-state index contributed by atoms with van der Waals surface area (Å²) in [6.45, 7) is 1.42. The third-order valence-corrected chi connectivity index (χ3v) is 4.80. The molecule has 3 aromatic rings. The summed E-state index contributed by atoms with van der Waals surface area (Å²) in [4.78, 5) is 24.7. The summed E-state index contributed by atoms with van der Waals surface area (Å²) >= 11 is 6.95. The van der Waals surface area contributed by atoms with E-state index in [1.165, 1.54) is 30.4 Å². The Labute approximate surface area is 152 Å². The predicted molar refractivity (Wildman–Crippen MR) is 96.7 cm³/mol. The first-order chi connectivity index (χ1) is 11.9. The second-order valence-electron chi connectivity index (χ2n) is 5.31. The lowest BCUT2D eigenvalue weighted by molar-refractivity contribution is -0.123. The normalized spacial score (nSPS) is 12.0. The van der Waals surface area contributed by atoms with E-state index in [1.54, 1.807) is 6.07 Å². The zero-order valence-electron chi connectivity index (χ0n) is 13.1. The smallest absolute Gasteiger partial charge is 0.349 e. The Morgan fingerprint density at radius 2 is 1.96 bits per heavy atom. The average Bonchev–Trinajstić information content (AvgIpc) is 3.01. The Morgan fingerprint density at radius 3 is 2.68 bits per heavy atom. The Kier molecular flexibility index (Phi) is 5.01. The molecule has 0 aliphatic carbocycles. The number of anilines is 1. The van der Waals surface area contributed by atoms with Crippen LogP contribution in [0.5, 0.6) is 0 Å². The van der Waals surface area contributed by atoms with E-state index >= 15 is 0 Å². The van der Waals surface area contributed by atoms with E-state index in [4.69, 9.17) is 16.3 Å². The van der Waals surface area contributed by atoms with Gasteiger partial charge in [0.25, 0.3) is 5.91 Å². The Balaban J connectivity index is 1.67. The van der Waals surface area contributed by atoms with Gasteiger partial charge in [-0.25, -0.2) is 9.18 Å². The minimum atomic E-state index is -1.08. The molecule has 0 saturated carbocycles. The van der Waals surface area contributed by atoms with Crippen molar-refractivity contribution in [2.24, 2.45) is 0 Å². The predicted octanol–water partition coefficient (Wildman–Crippen LogP) is 4.88. The molecule has 0 bridgehead atoms. The van der Waals surface area contributed by atoms with Crippen LogP contribution < -0.4 is 5.32 Å². The number of nitrogens with one attached hydrogen (secondary N) is 1. The summed E-state index contributed by atoms with van der Waals surface area (Å²) < 4.78 is 19.8. The number of hydrogen-bond donors (Lipinski definition) is 1. The second-order valence-corrected chi connectivity index (χ2v) is 6.83. The largest absolute Gasteiger partial charge is 0.448 e. The molecule has 7 heteroatoms. The van der Waals surface area contributed by atoms with E-state index in [2.05, 4.69) is 5.32 Å². The van der Waals surface area contributed by atoms with E-state index in [1.807, 2.05) is 24.3 Å². The van der Waals surface area contributed by atoms with E-state index in [9.17, 15) is 14.0 Å². The van der Waals surface area contributed by atoms with Crippen LogP contribution in [0.3, 0.4) is 0 Å². The molecule has 0 spiro atoms. The Morgan fingerprint density at radius 1 is 1.20 bits per heavy atom. The molecule has 1 aromatic heterocycles. The summed E-state index contributed by atoms with van der Waals surface area (Å²) in [5.41, 5.74) is -0.0286. The second kappa shape index (κ2) is 7.21. The van der Waals surface area contributed by atoms with Crippen molar-refractivity contribution in [3.05, 3.63) is 64.2 Å². The van der Waals surface area contributed by atoms with Crippen LogP contribution >= 0.6 is 22.9 Å². The van der Waals surface area contributed by atoms with Gasteiger partial charge in [0.15, 0.2) is 6.10 Å². The molecular formula is C18H13ClFNO3S. The molecule has 0 fully saturated rings. The van der Waals surface area contributed by atoms with Crippen molar-refractivity contribution in [3.63, 3.8) is 0 Å². The molecule has 0 unspecified atom stereocenters. The molecular weight excluding hydrogens is 365 g/mol. The van der Waals surface area contributed by atoms with Crippen molar-refractivity contribution in [2.45, 2.75) is 13.0 Å². The summed E-state index contributed by atoms with van der Waals surface area (Å²) in [6.07, 6.45) is -1.08. The SMILES string of the molecule is C[C@@H](OC(=O)c1cc2ccccc2s1)C(=O)Nc1ccc(Cl)cc1F. The third kappa shape index (κ3) is 3.97. The van der Waals surface area contributed by atoms with Gasteiger partial charge in [-0.1, -0.05) is 29.8 Å². The maximum Gasteiger partial charge on any atom is 0.349 e. The summed E-state index contributed by atoms with van der Waals surface area (Å²) in [6, 6.07) is 13.1. The summed E-state index contributed by atoms with van der Waals surface area (Å²) in [5.74, 6) is -1.89. The van der Waals surface area contributed by atoms with Crippen molar-refractivity contribution in [1.29, 1.82) is 0 Å². The van der Waals surface area contributed by atoms with E-state index < -0.39 is 23.8 Å². The zero-order chi connectivity index (χ0) is 18.0. The molecule has 128 valence electrons. The van der Waals surface area contributed by atoms with Crippen molar-refractivity contribution in [3.8, 4) is 0 Å². The molecule has 0 saturated heterocycles. The van der Waals surface area contributed by atoms with Gasteiger partial charge in [0.1, 0.15) is 10.7 Å². The van der Waals surface area contributed by atoms with Crippen LogP contribution in [0.25, 0.3) is 10.1 Å². The lowest BCUT2D eigenvalue weighted by Gasteiger charge is -2.13. The summed E-state index contributed by atoms with van der Waals surface area (Å²) in [5, 5.41) is 3.53. The van der Waals surface area contributed by atoms with Crippen LogP contribution in [0.1, 0.15) is 16.6 Å². The minimum Gasteiger partial charge on any atom is -0.448 e. The Hall–Kier alpha value is -2.44. The number of rotatable bonds is 4. The zero-order valence-corrected chi connectivity index (χ0v) is 14.7. The van der Waals surface area contributed by atoms with Gasteiger partial charge in [-0.05, 0) is 42.6 Å². The van der Waals surface area contributed by atoms with Crippen molar-refractivity contribution in [2.75, 3.05) is 5.32 Å². The highest BCUT2D eigenvalue weighted by molar-refractivity contribution is 7.20. The third-order valence-electron chi connectivity index (χ3n) is 3.47. The lowest BCUT2D eigenvalue weighted by atomic mass is 10.2. The first-order valence-corrected chi connectivity index (χ1v) is 8.59. The maximum atomic E-state index is 13.7. The quantitative estimate of drug-likeness (QED) is 0.659. The average molecular weight is 378 g/mol. The van der Waals surface area contributed by atoms with Crippen LogP contribution in [0.15, 0.2) is 48.5 Å². The molecule has 1 atom stereocenters. The van der Waals surface area contributed by atoms with E-state index in [-0.39, 0.29) is 10.7 Å². The minimum absolute atomic E-state index is 0.0286. The van der Waals surface area contributed by atoms with E-state index in [0.717, 1.165) is 16.2 Å². The lowest BCUT2D eigenvalue weighted by Crippen LogP contribution is -2.30. The number of carbonyl (C=O) groups excluding carboxylic acids is 2. The van der Waals surface area contributed by atoms with Gasteiger partial charge in [0, 0.05) is 9.72 Å². The van der Waals surface area contributed by atoms with Crippen molar-refractivity contribution >= 4 is 50.6 Å². The number of halogens is 2. The van der Waals surface area contributed by atoms with Gasteiger partial charge in [-0.2, -0.15) is 0 Å². The first kappa shape index (κ1) is 17.4. The fraction of sp³-hybridized carbons (Fsp3) is 0.111. The van der Waals surface area contributed by atoms with Crippen LogP contribution in [0.2, 0.25) is 5.02 Å². The van der Waals surface area contributed by atoms with Crippen LogP contribution in [-0.4, -0.2) is 18.0 Å². The standard InChI is InChI=1S/C18H13ClFNO3S/c1-10(17(22)21-14-7-6-12(19)9-13(14)20)24-18(23)16-8-11-4-2-3-5-15(11)25-16/h2-10H,1H3,(H,21,22)/t10-/m1/s1. The number of ether oxygens (including phenoxy) is 1. The van der Waals surface area contributed by atoms with Gasteiger partial charge in [0.05, 0.1) is 5.69 Å². The number of benzene rings is 2. The highest BCUT2D eigenvalue weighted by atomic mass is 35.5. The van der Waals surface area contributed by atoms with Crippen molar-refractivity contribution in [1.82, 2.24) is 0 Å². The number of amides is 1. The molecule has 2 aromatic carbocycles.